The molecule has 1 aromatic carbocycles. The smallest absolute Gasteiger partial charge is 0.334 e. The summed E-state index contributed by atoms with van der Waals surface area (Å²) in [6.45, 7) is 2.16. The lowest BCUT2D eigenvalue weighted by atomic mass is 10.1. The molecule has 148 valence electrons. The summed E-state index contributed by atoms with van der Waals surface area (Å²) in [7, 11) is 0. The van der Waals surface area contributed by atoms with Crippen LogP contribution in [0.25, 0.3) is 5.69 Å². The normalized spacial score (nSPS) is 19.9. The highest BCUT2D eigenvalue weighted by molar-refractivity contribution is 5.92. The van der Waals surface area contributed by atoms with Gasteiger partial charge in [0.25, 0.3) is 5.91 Å². The Morgan fingerprint density at radius 2 is 1.93 bits per heavy atom. The molecule has 2 fully saturated rings. The highest BCUT2D eigenvalue weighted by Crippen LogP contribution is 2.40. The van der Waals surface area contributed by atoms with Crippen LogP contribution in [0.3, 0.4) is 0 Å². The van der Waals surface area contributed by atoms with Crippen molar-refractivity contribution in [1.29, 1.82) is 0 Å². The first-order valence-electron chi connectivity index (χ1n) is 9.35. The maximum absolute atomic E-state index is 13.0. The number of aryl methyl sites for hydroxylation is 1. The van der Waals surface area contributed by atoms with Gasteiger partial charge in [-0.3, -0.25) is 9.59 Å². The van der Waals surface area contributed by atoms with E-state index >= 15 is 0 Å². The molecule has 0 N–H and O–H groups in total. The average molecular weight is 391 g/mol. The maximum atomic E-state index is 13.0. The van der Waals surface area contributed by atoms with E-state index in [0.717, 1.165) is 37.8 Å². The Hall–Kier alpha value is -2.64. The number of benzene rings is 1. The predicted molar refractivity (Wildman–Crippen MR) is 96.4 cm³/mol. The molecule has 2 aromatic rings. The van der Waals surface area contributed by atoms with E-state index in [2.05, 4.69) is 5.10 Å². The van der Waals surface area contributed by atoms with Crippen LogP contribution >= 0.6 is 0 Å². The Kier molecular flexibility index (Phi) is 4.51. The SMILES string of the molecule is Cc1cc(=O)c(C(=O)N2CCCC2C2CC2)nn1-c1cccc(C(F)(F)F)c1. The monoisotopic (exact) mass is 391 g/mol. The number of hydrogen-bond donors (Lipinski definition) is 0. The third-order valence-electron chi connectivity index (χ3n) is 5.45. The molecule has 28 heavy (non-hydrogen) atoms. The van der Waals surface area contributed by atoms with Crippen LogP contribution in [0.15, 0.2) is 35.1 Å². The maximum Gasteiger partial charge on any atom is 0.416 e. The van der Waals surface area contributed by atoms with Crippen molar-refractivity contribution in [3.05, 3.63) is 57.5 Å². The van der Waals surface area contributed by atoms with Gasteiger partial charge in [0.2, 0.25) is 5.43 Å². The van der Waals surface area contributed by atoms with Gasteiger partial charge in [-0.2, -0.15) is 18.3 Å². The summed E-state index contributed by atoms with van der Waals surface area (Å²) in [5.74, 6) is 0.0581. The Bertz CT molecular complexity index is 979. The summed E-state index contributed by atoms with van der Waals surface area (Å²) in [6, 6.07) is 6.07. The first kappa shape index (κ1) is 18.7. The summed E-state index contributed by atoms with van der Waals surface area (Å²) in [6.07, 6.45) is -0.506. The summed E-state index contributed by atoms with van der Waals surface area (Å²) in [5.41, 5.74) is -1.04. The Labute approximate surface area is 159 Å². The molecule has 1 aliphatic heterocycles. The van der Waals surface area contributed by atoms with Gasteiger partial charge in [0.1, 0.15) is 0 Å². The van der Waals surface area contributed by atoms with Crippen molar-refractivity contribution in [1.82, 2.24) is 14.7 Å². The Morgan fingerprint density at radius 1 is 1.18 bits per heavy atom. The minimum atomic E-state index is -4.49. The zero-order valence-electron chi connectivity index (χ0n) is 15.4. The van der Waals surface area contributed by atoms with Crippen LogP contribution in [-0.4, -0.2) is 33.2 Å². The fourth-order valence-electron chi connectivity index (χ4n) is 3.92. The number of carbonyl (C=O) groups is 1. The average Bonchev–Trinajstić information content (AvgIpc) is 3.37. The summed E-state index contributed by atoms with van der Waals surface area (Å²) >= 11 is 0. The van der Waals surface area contributed by atoms with Gasteiger partial charge < -0.3 is 4.90 Å². The van der Waals surface area contributed by atoms with Gasteiger partial charge in [0.15, 0.2) is 5.69 Å². The molecule has 0 radical (unpaired) electrons. The van der Waals surface area contributed by atoms with Gasteiger partial charge in [-0.15, -0.1) is 0 Å². The van der Waals surface area contributed by atoms with Crippen molar-refractivity contribution in [3.63, 3.8) is 0 Å². The zero-order chi connectivity index (χ0) is 20.1. The van der Waals surface area contributed by atoms with Crippen LogP contribution in [-0.2, 0) is 6.18 Å². The minimum absolute atomic E-state index is 0.136. The lowest BCUT2D eigenvalue weighted by Gasteiger charge is -2.24. The van der Waals surface area contributed by atoms with Crippen LogP contribution < -0.4 is 5.43 Å². The molecule has 1 aromatic heterocycles. The van der Waals surface area contributed by atoms with Crippen molar-refractivity contribution in [2.45, 2.75) is 44.8 Å². The molecule has 2 aliphatic rings. The molecule has 2 heterocycles. The van der Waals surface area contributed by atoms with E-state index in [-0.39, 0.29) is 17.4 Å². The van der Waals surface area contributed by atoms with Crippen LogP contribution in [0.1, 0.15) is 47.4 Å². The van der Waals surface area contributed by atoms with Gasteiger partial charge in [-0.1, -0.05) is 6.07 Å². The van der Waals surface area contributed by atoms with Crippen molar-refractivity contribution in [3.8, 4) is 5.69 Å². The number of carbonyl (C=O) groups excluding carboxylic acids is 1. The third kappa shape index (κ3) is 3.43. The van der Waals surface area contributed by atoms with E-state index in [4.69, 9.17) is 0 Å². The van der Waals surface area contributed by atoms with Gasteiger partial charge in [-0.25, -0.2) is 4.68 Å². The molecule has 1 atom stereocenters. The first-order chi connectivity index (χ1) is 13.3. The minimum Gasteiger partial charge on any atom is -0.334 e. The molecule has 1 saturated heterocycles. The van der Waals surface area contributed by atoms with Gasteiger partial charge in [0, 0.05) is 24.3 Å². The number of nitrogens with zero attached hydrogens (tertiary/aromatic N) is 3. The molecule has 1 unspecified atom stereocenters. The number of likely N-dealkylation sites (tertiary alicyclic amines) is 1. The Morgan fingerprint density at radius 3 is 2.61 bits per heavy atom. The summed E-state index contributed by atoms with van der Waals surface area (Å²) in [4.78, 5) is 27.2. The molecule has 0 bridgehead atoms. The molecule has 1 aliphatic carbocycles. The van der Waals surface area contributed by atoms with Crippen molar-refractivity contribution < 1.29 is 18.0 Å². The first-order valence-corrected chi connectivity index (χ1v) is 9.35. The number of halogens is 3. The molecule has 8 heteroatoms. The largest absolute Gasteiger partial charge is 0.416 e. The summed E-state index contributed by atoms with van der Waals surface area (Å²) < 4.78 is 40.4. The number of hydrogen-bond acceptors (Lipinski definition) is 3. The molecule has 1 amide bonds. The molecule has 0 spiro atoms. The molecular formula is C20H20F3N3O2. The third-order valence-corrected chi connectivity index (χ3v) is 5.45. The van der Waals surface area contributed by atoms with Crippen molar-refractivity contribution >= 4 is 5.91 Å². The number of aromatic nitrogens is 2. The highest BCUT2D eigenvalue weighted by Gasteiger charge is 2.41. The zero-order valence-corrected chi connectivity index (χ0v) is 15.4. The molecule has 4 rings (SSSR count). The van der Waals surface area contributed by atoms with E-state index in [1.807, 2.05) is 0 Å². The lowest BCUT2D eigenvalue weighted by Crippen LogP contribution is -2.40. The van der Waals surface area contributed by atoms with Crippen molar-refractivity contribution in [2.75, 3.05) is 6.54 Å². The quantitative estimate of drug-likeness (QED) is 0.804. The standard InChI is InChI=1S/C20H20F3N3O2/c1-12-10-17(27)18(19(28)25-9-3-6-16(25)13-7-8-13)24-26(12)15-5-2-4-14(11-15)20(21,22)23/h2,4-5,10-11,13,16H,3,6-9H2,1H3. The van der Waals surface area contributed by atoms with Gasteiger partial charge >= 0.3 is 6.18 Å². The second kappa shape index (κ2) is 6.76. The number of alkyl halides is 3. The van der Waals surface area contributed by atoms with Gasteiger partial charge in [0.05, 0.1) is 11.3 Å². The lowest BCUT2D eigenvalue weighted by molar-refractivity contribution is -0.137. The topological polar surface area (TPSA) is 55.2 Å². The predicted octanol–water partition coefficient (Wildman–Crippen LogP) is 3.57. The summed E-state index contributed by atoms with van der Waals surface area (Å²) in [5, 5.41) is 4.17. The van der Waals surface area contributed by atoms with Crippen LogP contribution in [0.5, 0.6) is 0 Å². The number of rotatable bonds is 3. The molecular weight excluding hydrogens is 371 g/mol. The molecule has 5 nitrogen and oxygen atoms in total. The van der Waals surface area contributed by atoms with E-state index < -0.39 is 23.1 Å². The second-order valence-electron chi connectivity index (χ2n) is 7.50. The Balaban J connectivity index is 1.73. The van der Waals surface area contributed by atoms with Crippen LogP contribution in [0.4, 0.5) is 13.2 Å². The van der Waals surface area contributed by atoms with E-state index in [0.29, 0.717) is 18.2 Å². The highest BCUT2D eigenvalue weighted by atomic mass is 19.4. The van der Waals surface area contributed by atoms with Gasteiger partial charge in [-0.05, 0) is 56.7 Å². The van der Waals surface area contributed by atoms with E-state index in [1.54, 1.807) is 11.8 Å². The molecule has 1 saturated carbocycles. The van der Waals surface area contributed by atoms with E-state index in [1.165, 1.54) is 22.9 Å². The van der Waals surface area contributed by atoms with Crippen LogP contribution in [0, 0.1) is 12.8 Å². The second-order valence-corrected chi connectivity index (χ2v) is 7.50. The number of amides is 1. The fourth-order valence-corrected chi connectivity index (χ4v) is 3.92. The fraction of sp³-hybridized carbons (Fsp3) is 0.450. The van der Waals surface area contributed by atoms with E-state index in [9.17, 15) is 22.8 Å². The van der Waals surface area contributed by atoms with Crippen molar-refractivity contribution in [2.24, 2.45) is 5.92 Å². The van der Waals surface area contributed by atoms with Crippen LogP contribution in [0.2, 0.25) is 0 Å².